The highest BCUT2D eigenvalue weighted by molar-refractivity contribution is 6.22. The van der Waals surface area contributed by atoms with E-state index in [0.717, 1.165) is 5.32 Å². The van der Waals surface area contributed by atoms with Gasteiger partial charge in [-0.3, -0.25) is 4.79 Å². The van der Waals surface area contributed by atoms with Gasteiger partial charge in [0.25, 0.3) is 5.91 Å². The van der Waals surface area contributed by atoms with Crippen LogP contribution in [0.3, 0.4) is 0 Å². The Balaban J connectivity index is 6.95. The van der Waals surface area contributed by atoms with Gasteiger partial charge >= 0.3 is 58.7 Å². The second-order valence-corrected chi connectivity index (χ2v) is 7.75. The molecule has 0 aromatic carbocycles. The van der Waals surface area contributed by atoms with Crippen molar-refractivity contribution in [3.8, 4) is 0 Å². The van der Waals surface area contributed by atoms with Crippen LogP contribution in [0.15, 0.2) is 0 Å². The Hall–Kier alpha value is -1.64. The summed E-state index contributed by atoms with van der Waals surface area (Å²) in [6.07, 6.45) is -0.426. The first-order valence-corrected chi connectivity index (χ1v) is 9.36. The van der Waals surface area contributed by atoms with Gasteiger partial charge in [0.1, 0.15) is 0 Å². The molecular weight excluding hydrogens is 626 g/mol. The lowest BCUT2D eigenvalue weighted by Gasteiger charge is -2.44. The van der Waals surface area contributed by atoms with Crippen molar-refractivity contribution in [1.29, 1.82) is 0 Å². The number of halogens is 21. The fourth-order valence-electron chi connectivity index (χ4n) is 2.19. The lowest BCUT2D eigenvalue weighted by molar-refractivity contribution is -0.464. The van der Waals surface area contributed by atoms with E-state index in [0.29, 0.717) is 0 Å². The average molecular weight is 636 g/mol. The number of hydrogen-bond acceptors (Lipinski definition) is 1. The quantitative estimate of drug-likeness (QED) is 0.127. The summed E-state index contributed by atoms with van der Waals surface area (Å²) in [5, 5.41) is -6.33. The predicted octanol–water partition coefficient (Wildman–Crippen LogP) is 7.45. The Bertz CT molecular complexity index is 863. The first-order chi connectivity index (χ1) is 16.2. The molecule has 0 spiro atoms. The predicted molar refractivity (Wildman–Crippen MR) is 83.2 cm³/mol. The maximum absolute atomic E-state index is 13.7. The molecule has 0 unspecified atom stereocenters. The van der Waals surface area contributed by atoms with Gasteiger partial charge in [0.2, 0.25) is 0 Å². The summed E-state index contributed by atoms with van der Waals surface area (Å²) in [4.78, 5) is 11.1. The summed E-state index contributed by atoms with van der Waals surface area (Å²) in [5.74, 6) is -80.8. The molecule has 0 aliphatic rings. The van der Waals surface area contributed by atoms with Crippen LogP contribution in [0, 0.1) is 0 Å². The maximum atomic E-state index is 13.7. The topological polar surface area (TPSA) is 29.1 Å². The van der Waals surface area contributed by atoms with Crippen LogP contribution >= 0.6 is 11.6 Å². The van der Waals surface area contributed by atoms with Crippen LogP contribution in [0.4, 0.5) is 87.8 Å². The lowest BCUT2D eigenvalue weighted by atomic mass is 9.86. The van der Waals surface area contributed by atoms with Crippen molar-refractivity contribution in [3.05, 3.63) is 0 Å². The molecule has 0 atom stereocenters. The lowest BCUT2D eigenvalue weighted by Crippen LogP contribution is -2.77. The Morgan fingerprint density at radius 3 is 1.05 bits per heavy atom. The number of alkyl halides is 21. The van der Waals surface area contributed by atoms with Gasteiger partial charge in [-0.15, -0.1) is 0 Å². The largest absolute Gasteiger partial charge is 0.393 e. The van der Waals surface area contributed by atoms with E-state index in [2.05, 4.69) is 11.6 Å². The third kappa shape index (κ3) is 4.68. The van der Waals surface area contributed by atoms with E-state index in [1.54, 1.807) is 0 Å². The van der Waals surface area contributed by atoms with Crippen LogP contribution in [0.1, 0.15) is 19.8 Å². The number of carbonyl (C=O) groups excluding carboxylic acids is 1. The summed E-state index contributed by atoms with van der Waals surface area (Å²) in [7, 11) is 0. The normalized spacial score (nSPS) is 16.1. The van der Waals surface area contributed by atoms with E-state index in [9.17, 15) is 92.6 Å². The molecule has 0 saturated heterocycles. The standard InChI is InChI=1S/C15H10ClF20NO/c1-2-3-4-37-5(38)6(17,18)7(19,20)8(21,22)9(23,24)10(25,26)11(27,28)12(29,30)13(31,32)14(33,34)15(16,35)36/h2-4H2,1H3,(H,37,38). The third-order valence-electron chi connectivity index (χ3n) is 4.61. The molecular formula is C15H10ClF20NO. The highest BCUT2D eigenvalue weighted by Gasteiger charge is 2.97. The summed E-state index contributed by atoms with van der Waals surface area (Å²) in [6.45, 7) is 0.164. The van der Waals surface area contributed by atoms with Crippen LogP contribution in [0.25, 0.3) is 0 Å². The zero-order valence-corrected chi connectivity index (χ0v) is 18.2. The van der Waals surface area contributed by atoms with E-state index in [1.807, 2.05) is 0 Å². The van der Waals surface area contributed by atoms with Gasteiger partial charge in [-0.2, -0.15) is 87.8 Å². The Labute approximate surface area is 201 Å². The molecule has 0 aromatic rings. The molecule has 0 aliphatic heterocycles. The van der Waals surface area contributed by atoms with Crippen LogP contribution in [0.2, 0.25) is 0 Å². The highest BCUT2D eigenvalue weighted by Crippen LogP contribution is 2.66. The summed E-state index contributed by atoms with van der Waals surface area (Å²) in [5.41, 5.74) is 0. The third-order valence-corrected chi connectivity index (χ3v) is 4.85. The molecule has 0 radical (unpaired) electrons. The van der Waals surface area contributed by atoms with E-state index in [4.69, 9.17) is 0 Å². The molecule has 2 nitrogen and oxygen atoms in total. The number of carbonyl (C=O) groups is 1. The Morgan fingerprint density at radius 2 is 0.789 bits per heavy atom. The van der Waals surface area contributed by atoms with Gasteiger partial charge in [0.15, 0.2) is 0 Å². The second-order valence-electron chi connectivity index (χ2n) is 7.28. The van der Waals surface area contributed by atoms with Gasteiger partial charge < -0.3 is 5.32 Å². The van der Waals surface area contributed by atoms with Gasteiger partial charge in [-0.05, 0) is 18.0 Å². The molecule has 38 heavy (non-hydrogen) atoms. The SMILES string of the molecule is CCCCNC(=O)C(F)(F)C(F)(F)C(F)(F)C(F)(F)C(F)(F)C(F)(F)C(F)(F)C(F)(F)C(F)(F)C(F)(F)Cl. The van der Waals surface area contributed by atoms with E-state index < -0.39 is 71.1 Å². The maximum Gasteiger partial charge on any atom is 0.393 e. The second kappa shape index (κ2) is 9.77. The van der Waals surface area contributed by atoms with Crippen molar-refractivity contribution in [1.82, 2.24) is 5.32 Å². The summed E-state index contributed by atoms with van der Waals surface area (Å²) in [6, 6.07) is 0. The Kier molecular flexibility index (Phi) is 9.35. The molecule has 0 bridgehead atoms. The fraction of sp³-hybridized carbons (Fsp3) is 0.933. The smallest absolute Gasteiger partial charge is 0.351 e. The fourth-order valence-corrected chi connectivity index (χ4v) is 2.31. The van der Waals surface area contributed by atoms with Crippen molar-refractivity contribution in [2.45, 2.75) is 78.4 Å². The van der Waals surface area contributed by atoms with E-state index in [1.165, 1.54) is 6.92 Å². The summed E-state index contributed by atoms with van der Waals surface area (Å²) < 4.78 is 267. The number of rotatable bonds is 13. The van der Waals surface area contributed by atoms with Gasteiger partial charge in [-0.25, -0.2) is 0 Å². The number of nitrogens with one attached hydrogen (secondary N) is 1. The molecule has 23 heteroatoms. The minimum Gasteiger partial charge on any atom is -0.351 e. The van der Waals surface area contributed by atoms with E-state index in [-0.39, 0.29) is 12.8 Å². The van der Waals surface area contributed by atoms with Gasteiger partial charge in [-0.1, -0.05) is 13.3 Å². The van der Waals surface area contributed by atoms with Crippen molar-refractivity contribution in [2.75, 3.05) is 6.54 Å². The molecule has 0 rings (SSSR count). The van der Waals surface area contributed by atoms with E-state index >= 15 is 0 Å². The first kappa shape index (κ1) is 36.4. The highest BCUT2D eigenvalue weighted by atomic mass is 35.5. The van der Waals surface area contributed by atoms with Crippen LogP contribution in [0.5, 0.6) is 0 Å². The molecule has 1 amide bonds. The number of hydrogen-bond donors (Lipinski definition) is 1. The molecule has 228 valence electrons. The number of unbranched alkanes of at least 4 members (excludes halogenated alkanes) is 1. The molecule has 0 saturated carbocycles. The number of amides is 1. The average Bonchev–Trinajstić information content (AvgIpc) is 2.71. The Morgan fingerprint density at radius 1 is 0.526 bits per heavy atom. The van der Waals surface area contributed by atoms with Gasteiger partial charge in [0, 0.05) is 6.54 Å². The van der Waals surface area contributed by atoms with Crippen molar-refractivity contribution in [3.63, 3.8) is 0 Å². The molecule has 0 aromatic heterocycles. The van der Waals surface area contributed by atoms with Crippen LogP contribution in [-0.2, 0) is 4.79 Å². The monoisotopic (exact) mass is 635 g/mol. The van der Waals surface area contributed by atoms with Gasteiger partial charge in [0.05, 0.1) is 0 Å². The minimum absolute atomic E-state index is 0.0364. The van der Waals surface area contributed by atoms with Crippen molar-refractivity contribution < 1.29 is 92.6 Å². The molecule has 0 aliphatic carbocycles. The summed E-state index contributed by atoms with van der Waals surface area (Å²) >= 11 is 3.31. The zero-order valence-electron chi connectivity index (χ0n) is 17.5. The first-order valence-electron chi connectivity index (χ1n) is 8.98. The van der Waals surface area contributed by atoms with Crippen molar-refractivity contribution >= 4 is 17.5 Å². The molecule has 1 N–H and O–H groups in total. The van der Waals surface area contributed by atoms with Crippen molar-refractivity contribution in [2.24, 2.45) is 0 Å². The minimum atomic E-state index is -9.15. The van der Waals surface area contributed by atoms with Crippen LogP contribution < -0.4 is 5.32 Å². The molecule has 0 heterocycles. The zero-order chi connectivity index (χ0) is 31.4. The molecule has 0 fully saturated rings. The van der Waals surface area contributed by atoms with Crippen LogP contribution in [-0.4, -0.2) is 71.1 Å².